The molecule has 1 aromatic carbocycles. The topological polar surface area (TPSA) is 84.9 Å². The molecule has 1 aromatic rings. The van der Waals surface area contributed by atoms with Crippen LogP contribution >= 0.6 is 0 Å². The van der Waals surface area contributed by atoms with Crippen molar-refractivity contribution >= 4 is 11.9 Å². The van der Waals surface area contributed by atoms with Crippen molar-refractivity contribution in [2.45, 2.75) is 25.3 Å². The van der Waals surface area contributed by atoms with Crippen LogP contribution in [0.1, 0.15) is 29.6 Å². The number of hydrogen-bond donors (Lipinski definition) is 2. The SMILES string of the molecule is O=C(N[C@@H]1CC[C@H](C(=O)O)C1)c1ccc2c(c1)OCO2. The number of benzene rings is 1. The molecular formula is C14H15NO5. The minimum atomic E-state index is -0.787. The molecule has 0 bridgehead atoms. The first-order valence-corrected chi connectivity index (χ1v) is 6.57. The van der Waals surface area contributed by atoms with Crippen LogP contribution in [0.2, 0.25) is 0 Å². The van der Waals surface area contributed by atoms with E-state index < -0.39 is 5.97 Å². The smallest absolute Gasteiger partial charge is 0.306 e. The highest BCUT2D eigenvalue weighted by molar-refractivity contribution is 5.95. The van der Waals surface area contributed by atoms with E-state index in [4.69, 9.17) is 14.6 Å². The van der Waals surface area contributed by atoms with E-state index >= 15 is 0 Å². The second kappa shape index (κ2) is 5.03. The third-order valence-corrected chi connectivity index (χ3v) is 3.75. The molecule has 1 saturated carbocycles. The van der Waals surface area contributed by atoms with E-state index in [0.29, 0.717) is 36.3 Å². The van der Waals surface area contributed by atoms with Gasteiger partial charge in [-0.2, -0.15) is 0 Å². The summed E-state index contributed by atoms with van der Waals surface area (Å²) in [7, 11) is 0. The van der Waals surface area contributed by atoms with Gasteiger partial charge in [-0.25, -0.2) is 0 Å². The number of carboxylic acid groups (broad SMARTS) is 1. The van der Waals surface area contributed by atoms with Crippen LogP contribution in [0, 0.1) is 5.92 Å². The molecule has 20 heavy (non-hydrogen) atoms. The molecule has 2 aliphatic rings. The van der Waals surface area contributed by atoms with E-state index in [-0.39, 0.29) is 24.7 Å². The lowest BCUT2D eigenvalue weighted by Gasteiger charge is -2.12. The molecule has 1 aliphatic heterocycles. The first-order valence-electron chi connectivity index (χ1n) is 6.57. The minimum absolute atomic E-state index is 0.0750. The Bertz CT molecular complexity index is 556. The van der Waals surface area contributed by atoms with E-state index in [1.54, 1.807) is 18.2 Å². The van der Waals surface area contributed by atoms with Crippen LogP contribution in [-0.4, -0.2) is 29.8 Å². The Morgan fingerprint density at radius 2 is 2.00 bits per heavy atom. The van der Waals surface area contributed by atoms with Crippen molar-refractivity contribution in [2.75, 3.05) is 6.79 Å². The fourth-order valence-electron chi connectivity index (χ4n) is 2.64. The zero-order valence-corrected chi connectivity index (χ0v) is 10.8. The lowest BCUT2D eigenvalue weighted by Crippen LogP contribution is -2.33. The number of ether oxygens (including phenoxy) is 2. The van der Waals surface area contributed by atoms with E-state index in [1.807, 2.05) is 0 Å². The maximum absolute atomic E-state index is 12.1. The molecule has 2 N–H and O–H groups in total. The van der Waals surface area contributed by atoms with Crippen molar-refractivity contribution in [3.8, 4) is 11.5 Å². The maximum Gasteiger partial charge on any atom is 0.306 e. The summed E-state index contributed by atoms with van der Waals surface area (Å²) in [6.07, 6.45) is 1.81. The van der Waals surface area contributed by atoms with Crippen LogP contribution in [0.4, 0.5) is 0 Å². The summed E-state index contributed by atoms with van der Waals surface area (Å²) in [5.41, 5.74) is 0.494. The number of hydrogen-bond acceptors (Lipinski definition) is 4. The molecule has 0 unspecified atom stereocenters. The molecule has 0 spiro atoms. The summed E-state index contributed by atoms with van der Waals surface area (Å²) in [5, 5.41) is 11.8. The zero-order chi connectivity index (χ0) is 14.1. The molecule has 106 valence electrons. The highest BCUT2D eigenvalue weighted by Gasteiger charge is 2.30. The molecule has 1 aliphatic carbocycles. The van der Waals surface area contributed by atoms with E-state index in [0.717, 1.165) is 0 Å². The van der Waals surface area contributed by atoms with Crippen molar-refractivity contribution in [3.63, 3.8) is 0 Å². The first kappa shape index (κ1) is 12.8. The highest BCUT2D eigenvalue weighted by Crippen LogP contribution is 2.32. The summed E-state index contributed by atoms with van der Waals surface area (Å²) in [4.78, 5) is 23.0. The molecule has 2 atom stereocenters. The molecule has 0 aromatic heterocycles. The van der Waals surface area contributed by atoms with Gasteiger partial charge < -0.3 is 19.9 Å². The standard InChI is InChI=1S/C14H15NO5/c16-13(15-10-3-1-9(5-10)14(17)18)8-2-4-11-12(6-8)20-7-19-11/h2,4,6,9-10H,1,3,5,7H2,(H,15,16)(H,17,18)/t9-,10+/m0/s1. The van der Waals surface area contributed by atoms with Crippen molar-refractivity contribution < 1.29 is 24.2 Å². The predicted octanol–water partition coefficient (Wildman–Crippen LogP) is 1.40. The number of amides is 1. The normalized spacial score (nSPS) is 23.6. The Kier molecular flexibility index (Phi) is 3.22. The average Bonchev–Trinajstić information content (AvgIpc) is 3.05. The summed E-state index contributed by atoms with van der Waals surface area (Å²) in [6, 6.07) is 4.94. The second-order valence-electron chi connectivity index (χ2n) is 5.09. The largest absolute Gasteiger partial charge is 0.481 e. The summed E-state index contributed by atoms with van der Waals surface area (Å²) >= 11 is 0. The van der Waals surface area contributed by atoms with Gasteiger partial charge in [-0.05, 0) is 37.5 Å². The first-order chi connectivity index (χ1) is 9.63. The number of carbonyl (C=O) groups is 2. The van der Waals surface area contributed by atoms with Gasteiger partial charge in [0.05, 0.1) is 5.92 Å². The van der Waals surface area contributed by atoms with Crippen molar-refractivity contribution in [1.82, 2.24) is 5.32 Å². The molecule has 0 radical (unpaired) electrons. The summed E-state index contributed by atoms with van der Waals surface area (Å²) < 4.78 is 10.4. The van der Waals surface area contributed by atoms with Gasteiger partial charge in [0.2, 0.25) is 6.79 Å². The van der Waals surface area contributed by atoms with Gasteiger partial charge in [-0.3, -0.25) is 9.59 Å². The molecule has 1 amide bonds. The van der Waals surface area contributed by atoms with Gasteiger partial charge in [0.15, 0.2) is 11.5 Å². The van der Waals surface area contributed by atoms with Crippen LogP contribution in [0.25, 0.3) is 0 Å². The van der Waals surface area contributed by atoms with Crippen LogP contribution < -0.4 is 14.8 Å². The van der Waals surface area contributed by atoms with Crippen molar-refractivity contribution in [1.29, 1.82) is 0 Å². The van der Waals surface area contributed by atoms with Gasteiger partial charge in [0.1, 0.15) is 0 Å². The molecule has 0 saturated heterocycles. The fourth-order valence-corrected chi connectivity index (χ4v) is 2.64. The predicted molar refractivity (Wildman–Crippen MR) is 68.8 cm³/mol. The van der Waals surface area contributed by atoms with Crippen LogP contribution in [0.3, 0.4) is 0 Å². The fraction of sp³-hybridized carbons (Fsp3) is 0.429. The van der Waals surface area contributed by atoms with Crippen molar-refractivity contribution in [3.05, 3.63) is 23.8 Å². The Balaban J connectivity index is 1.64. The monoisotopic (exact) mass is 277 g/mol. The Hall–Kier alpha value is -2.24. The second-order valence-corrected chi connectivity index (χ2v) is 5.09. The third-order valence-electron chi connectivity index (χ3n) is 3.75. The molecular weight excluding hydrogens is 262 g/mol. The number of rotatable bonds is 3. The van der Waals surface area contributed by atoms with Gasteiger partial charge in [-0.1, -0.05) is 0 Å². The minimum Gasteiger partial charge on any atom is -0.481 e. The van der Waals surface area contributed by atoms with E-state index in [1.165, 1.54) is 0 Å². The lowest BCUT2D eigenvalue weighted by atomic mass is 10.1. The van der Waals surface area contributed by atoms with Gasteiger partial charge in [0, 0.05) is 11.6 Å². The summed E-state index contributed by atoms with van der Waals surface area (Å²) in [5.74, 6) is -0.151. The third kappa shape index (κ3) is 2.41. The Morgan fingerprint density at radius 3 is 2.75 bits per heavy atom. The summed E-state index contributed by atoms with van der Waals surface area (Å²) in [6.45, 7) is 0.170. The molecule has 3 rings (SSSR count). The molecule has 6 nitrogen and oxygen atoms in total. The lowest BCUT2D eigenvalue weighted by molar-refractivity contribution is -0.141. The van der Waals surface area contributed by atoms with E-state index in [9.17, 15) is 9.59 Å². The zero-order valence-electron chi connectivity index (χ0n) is 10.8. The number of carbonyl (C=O) groups excluding carboxylic acids is 1. The number of carboxylic acids is 1. The Morgan fingerprint density at radius 1 is 1.20 bits per heavy atom. The quantitative estimate of drug-likeness (QED) is 0.872. The van der Waals surface area contributed by atoms with Crippen LogP contribution in [0.15, 0.2) is 18.2 Å². The average molecular weight is 277 g/mol. The van der Waals surface area contributed by atoms with E-state index in [2.05, 4.69) is 5.32 Å². The number of fused-ring (bicyclic) bond motifs is 1. The molecule has 1 heterocycles. The van der Waals surface area contributed by atoms with Gasteiger partial charge in [-0.15, -0.1) is 0 Å². The highest BCUT2D eigenvalue weighted by atomic mass is 16.7. The van der Waals surface area contributed by atoms with Gasteiger partial charge >= 0.3 is 5.97 Å². The van der Waals surface area contributed by atoms with Crippen LogP contribution in [-0.2, 0) is 4.79 Å². The maximum atomic E-state index is 12.1. The number of nitrogens with one attached hydrogen (secondary N) is 1. The number of aliphatic carboxylic acids is 1. The van der Waals surface area contributed by atoms with Crippen LogP contribution in [0.5, 0.6) is 11.5 Å². The van der Waals surface area contributed by atoms with Crippen molar-refractivity contribution in [2.24, 2.45) is 5.92 Å². The molecule has 1 fully saturated rings. The Labute approximate surface area is 115 Å². The van der Waals surface area contributed by atoms with Gasteiger partial charge in [0.25, 0.3) is 5.91 Å². The molecule has 6 heteroatoms.